The summed E-state index contributed by atoms with van der Waals surface area (Å²) in [5.74, 6) is 1.45. The second kappa shape index (κ2) is 5.61. The molecule has 19 heavy (non-hydrogen) atoms. The van der Waals surface area contributed by atoms with E-state index in [2.05, 4.69) is 47.0 Å². The van der Waals surface area contributed by atoms with E-state index in [1.807, 2.05) is 0 Å². The molecule has 0 amide bonds. The van der Waals surface area contributed by atoms with Gasteiger partial charge in [-0.1, -0.05) is 19.1 Å². The summed E-state index contributed by atoms with van der Waals surface area (Å²) in [4.78, 5) is 0. The fourth-order valence-electron chi connectivity index (χ4n) is 2.77. The lowest BCUT2D eigenvalue weighted by Gasteiger charge is -2.25. The van der Waals surface area contributed by atoms with Crippen LogP contribution in [0.4, 0.5) is 0 Å². The maximum atomic E-state index is 5.62. The van der Waals surface area contributed by atoms with Crippen molar-refractivity contribution in [3.8, 4) is 5.75 Å². The molecule has 0 bridgehead atoms. The van der Waals surface area contributed by atoms with Crippen LogP contribution in [-0.4, -0.2) is 25.4 Å². The van der Waals surface area contributed by atoms with Gasteiger partial charge in [0, 0.05) is 31.1 Å². The molecule has 1 aromatic carbocycles. The number of nitrogens with one attached hydrogen (secondary N) is 2. The first kappa shape index (κ1) is 12.5. The molecule has 0 aromatic heterocycles. The SMILES string of the molecule is CCCOc1ccc(C2NN=C3CCNCC32)cc1. The lowest BCUT2D eigenvalue weighted by molar-refractivity contribution is 0.317. The molecule has 2 unspecified atom stereocenters. The maximum Gasteiger partial charge on any atom is 0.119 e. The Morgan fingerprint density at radius 1 is 1.32 bits per heavy atom. The lowest BCUT2D eigenvalue weighted by atomic mass is 9.87. The van der Waals surface area contributed by atoms with Crippen molar-refractivity contribution in [2.75, 3.05) is 19.7 Å². The standard InChI is InChI=1S/C15H21N3O/c1-2-9-19-12-5-3-11(4-6-12)15-13-10-16-8-7-14(13)17-18-15/h3-6,13,15-16,18H,2,7-10H2,1H3. The molecule has 0 spiro atoms. The summed E-state index contributed by atoms with van der Waals surface area (Å²) in [5.41, 5.74) is 5.89. The van der Waals surface area contributed by atoms with Gasteiger partial charge in [-0.2, -0.15) is 5.10 Å². The third-order valence-corrected chi connectivity index (χ3v) is 3.81. The molecule has 2 heterocycles. The fourth-order valence-corrected chi connectivity index (χ4v) is 2.77. The molecule has 102 valence electrons. The van der Waals surface area contributed by atoms with Crippen LogP contribution in [0.5, 0.6) is 5.75 Å². The second-order valence-corrected chi connectivity index (χ2v) is 5.19. The van der Waals surface area contributed by atoms with Crippen molar-refractivity contribution >= 4 is 5.71 Å². The van der Waals surface area contributed by atoms with Crippen LogP contribution in [-0.2, 0) is 0 Å². The van der Waals surface area contributed by atoms with E-state index in [-0.39, 0.29) is 0 Å². The Morgan fingerprint density at radius 3 is 2.95 bits per heavy atom. The number of hydrazone groups is 1. The minimum absolute atomic E-state index is 0.308. The zero-order chi connectivity index (χ0) is 13.1. The Hall–Kier alpha value is -1.55. The Labute approximate surface area is 114 Å². The van der Waals surface area contributed by atoms with Gasteiger partial charge < -0.3 is 15.5 Å². The van der Waals surface area contributed by atoms with Crippen molar-refractivity contribution in [1.82, 2.24) is 10.7 Å². The molecule has 2 aliphatic rings. The highest BCUT2D eigenvalue weighted by Gasteiger charge is 2.33. The van der Waals surface area contributed by atoms with Gasteiger partial charge in [-0.3, -0.25) is 0 Å². The van der Waals surface area contributed by atoms with Crippen molar-refractivity contribution < 1.29 is 4.74 Å². The quantitative estimate of drug-likeness (QED) is 0.870. The molecule has 3 rings (SSSR count). The van der Waals surface area contributed by atoms with Gasteiger partial charge in [0.25, 0.3) is 0 Å². The number of ether oxygens (including phenoxy) is 1. The molecule has 0 aliphatic carbocycles. The highest BCUT2D eigenvalue weighted by Crippen LogP contribution is 2.30. The zero-order valence-corrected chi connectivity index (χ0v) is 11.4. The minimum Gasteiger partial charge on any atom is -0.494 e. The number of hydrogen-bond donors (Lipinski definition) is 2. The van der Waals surface area contributed by atoms with Gasteiger partial charge in [0.2, 0.25) is 0 Å². The summed E-state index contributed by atoms with van der Waals surface area (Å²) < 4.78 is 5.62. The van der Waals surface area contributed by atoms with Crippen molar-refractivity contribution in [1.29, 1.82) is 0 Å². The predicted molar refractivity (Wildman–Crippen MR) is 76.5 cm³/mol. The van der Waals surface area contributed by atoms with Gasteiger partial charge in [0.05, 0.1) is 12.6 Å². The van der Waals surface area contributed by atoms with Gasteiger partial charge in [-0.25, -0.2) is 0 Å². The van der Waals surface area contributed by atoms with Gasteiger partial charge >= 0.3 is 0 Å². The fraction of sp³-hybridized carbons (Fsp3) is 0.533. The van der Waals surface area contributed by atoms with Crippen molar-refractivity contribution in [3.63, 3.8) is 0 Å². The van der Waals surface area contributed by atoms with Gasteiger partial charge in [-0.05, 0) is 24.1 Å². The molecule has 1 saturated heterocycles. The van der Waals surface area contributed by atoms with Crippen LogP contribution in [0.2, 0.25) is 0 Å². The lowest BCUT2D eigenvalue weighted by Crippen LogP contribution is -2.38. The van der Waals surface area contributed by atoms with Crippen molar-refractivity contribution in [3.05, 3.63) is 29.8 Å². The van der Waals surface area contributed by atoms with E-state index >= 15 is 0 Å². The van der Waals surface area contributed by atoms with E-state index in [0.29, 0.717) is 12.0 Å². The first-order valence-corrected chi connectivity index (χ1v) is 7.14. The Morgan fingerprint density at radius 2 is 2.16 bits per heavy atom. The normalized spacial score (nSPS) is 25.4. The summed E-state index contributed by atoms with van der Waals surface area (Å²) in [5, 5.41) is 7.93. The molecule has 1 fully saturated rings. The highest BCUT2D eigenvalue weighted by atomic mass is 16.5. The minimum atomic E-state index is 0.308. The molecule has 0 radical (unpaired) electrons. The average molecular weight is 259 g/mol. The molecule has 2 N–H and O–H groups in total. The number of fused-ring (bicyclic) bond motifs is 1. The third kappa shape index (κ3) is 2.59. The van der Waals surface area contributed by atoms with E-state index < -0.39 is 0 Å². The zero-order valence-electron chi connectivity index (χ0n) is 11.4. The summed E-state index contributed by atoms with van der Waals surface area (Å²) in [6.07, 6.45) is 2.10. The molecular formula is C15H21N3O. The molecule has 4 nitrogen and oxygen atoms in total. The first-order chi connectivity index (χ1) is 9.38. The van der Waals surface area contributed by atoms with Crippen molar-refractivity contribution in [2.45, 2.75) is 25.8 Å². The topological polar surface area (TPSA) is 45.6 Å². The molecule has 0 saturated carbocycles. The number of hydrogen-bond acceptors (Lipinski definition) is 4. The van der Waals surface area contributed by atoms with E-state index in [4.69, 9.17) is 4.74 Å². The second-order valence-electron chi connectivity index (χ2n) is 5.19. The molecule has 2 aliphatic heterocycles. The predicted octanol–water partition coefficient (Wildman–Crippen LogP) is 2.09. The van der Waals surface area contributed by atoms with Crippen LogP contribution < -0.4 is 15.5 Å². The van der Waals surface area contributed by atoms with Crippen molar-refractivity contribution in [2.24, 2.45) is 11.0 Å². The monoisotopic (exact) mass is 259 g/mol. The highest BCUT2D eigenvalue weighted by molar-refractivity contribution is 5.89. The van der Waals surface area contributed by atoms with E-state index in [1.165, 1.54) is 11.3 Å². The van der Waals surface area contributed by atoms with E-state index in [1.54, 1.807) is 0 Å². The van der Waals surface area contributed by atoms with Crippen LogP contribution in [0.3, 0.4) is 0 Å². The smallest absolute Gasteiger partial charge is 0.119 e. The number of benzene rings is 1. The summed E-state index contributed by atoms with van der Waals surface area (Å²) in [6.45, 7) is 4.96. The van der Waals surface area contributed by atoms with E-state index in [0.717, 1.165) is 38.3 Å². The van der Waals surface area contributed by atoms with E-state index in [9.17, 15) is 0 Å². The summed E-state index contributed by atoms with van der Waals surface area (Å²) in [7, 11) is 0. The molecule has 2 atom stereocenters. The molecule has 1 aromatic rings. The van der Waals surface area contributed by atoms with Gasteiger partial charge in [0.15, 0.2) is 0 Å². The Kier molecular flexibility index (Phi) is 3.69. The maximum absolute atomic E-state index is 5.62. The van der Waals surface area contributed by atoms with Crippen LogP contribution in [0.1, 0.15) is 31.4 Å². The molecule has 4 heteroatoms. The largest absolute Gasteiger partial charge is 0.494 e. The van der Waals surface area contributed by atoms with Crippen LogP contribution in [0, 0.1) is 5.92 Å². The number of rotatable bonds is 4. The Balaban J connectivity index is 1.69. The Bertz CT molecular complexity index is 455. The van der Waals surface area contributed by atoms with Crippen LogP contribution in [0.15, 0.2) is 29.4 Å². The number of piperidine rings is 1. The van der Waals surface area contributed by atoms with Crippen LogP contribution >= 0.6 is 0 Å². The molecular weight excluding hydrogens is 238 g/mol. The summed E-state index contributed by atoms with van der Waals surface area (Å²) >= 11 is 0. The van der Waals surface area contributed by atoms with Gasteiger partial charge in [0.1, 0.15) is 5.75 Å². The van der Waals surface area contributed by atoms with Gasteiger partial charge in [-0.15, -0.1) is 0 Å². The first-order valence-electron chi connectivity index (χ1n) is 7.14. The summed E-state index contributed by atoms with van der Waals surface area (Å²) in [6, 6.07) is 8.72. The average Bonchev–Trinajstić information content (AvgIpc) is 2.90. The third-order valence-electron chi connectivity index (χ3n) is 3.81. The number of nitrogens with zero attached hydrogens (tertiary/aromatic N) is 1. The van der Waals surface area contributed by atoms with Crippen LogP contribution in [0.25, 0.3) is 0 Å².